The largest absolute Gasteiger partial charge is 0.353 e. The van der Waals surface area contributed by atoms with Crippen molar-refractivity contribution in [3.8, 4) is 0 Å². The van der Waals surface area contributed by atoms with Crippen LogP contribution in [-0.2, 0) is 33.2 Å². The van der Waals surface area contributed by atoms with Gasteiger partial charge in [-0.2, -0.15) is 0 Å². The Morgan fingerprint density at radius 1 is 0.327 bits per heavy atom. The SMILES string of the molecule is CCCCCCCOC(C=CCCCCCCCCCC(OCC)OCC)OC(C=CCCCCCCCCCC(OCC)OCC)OCCCCCCC. The topological polar surface area (TPSA) is 64.6 Å². The first kappa shape index (κ1) is 54.2. The fourth-order valence-electron chi connectivity index (χ4n) is 6.72. The number of ether oxygens (including phenoxy) is 7. The van der Waals surface area contributed by atoms with Crippen molar-refractivity contribution in [3.63, 3.8) is 0 Å². The molecule has 0 spiro atoms. The third-order valence-corrected chi connectivity index (χ3v) is 9.95. The highest BCUT2D eigenvalue weighted by Crippen LogP contribution is 2.16. The van der Waals surface area contributed by atoms with E-state index in [0.717, 1.165) is 78.2 Å². The van der Waals surface area contributed by atoms with E-state index in [1.807, 2.05) is 27.7 Å². The minimum Gasteiger partial charge on any atom is -0.353 e. The van der Waals surface area contributed by atoms with Crippen molar-refractivity contribution in [1.29, 1.82) is 0 Å². The van der Waals surface area contributed by atoms with Crippen molar-refractivity contribution in [1.82, 2.24) is 0 Å². The van der Waals surface area contributed by atoms with Gasteiger partial charge in [-0.25, -0.2) is 0 Å². The highest BCUT2D eigenvalue weighted by Gasteiger charge is 2.14. The Morgan fingerprint density at radius 2 is 0.636 bits per heavy atom. The van der Waals surface area contributed by atoms with Crippen LogP contribution in [0.5, 0.6) is 0 Å². The molecule has 0 saturated heterocycles. The average molecular weight is 783 g/mol. The van der Waals surface area contributed by atoms with E-state index in [4.69, 9.17) is 33.2 Å². The lowest BCUT2D eigenvalue weighted by Crippen LogP contribution is -2.25. The molecular formula is C48H94O7. The number of rotatable bonds is 46. The van der Waals surface area contributed by atoms with Crippen LogP contribution in [0.1, 0.15) is 221 Å². The molecule has 2 unspecified atom stereocenters. The zero-order valence-corrected chi connectivity index (χ0v) is 37.5. The number of unbranched alkanes of at least 4 members (excludes halogenated alkanes) is 22. The van der Waals surface area contributed by atoms with Crippen LogP contribution in [0.15, 0.2) is 24.3 Å². The van der Waals surface area contributed by atoms with Gasteiger partial charge in [0.15, 0.2) is 25.2 Å². The Morgan fingerprint density at radius 3 is 0.982 bits per heavy atom. The quantitative estimate of drug-likeness (QED) is 0.0346. The third-order valence-electron chi connectivity index (χ3n) is 9.95. The molecule has 55 heavy (non-hydrogen) atoms. The van der Waals surface area contributed by atoms with Gasteiger partial charge in [0.25, 0.3) is 0 Å². The molecule has 0 saturated carbocycles. The maximum absolute atomic E-state index is 6.51. The van der Waals surface area contributed by atoms with E-state index in [0.29, 0.717) is 0 Å². The Kier molecular flexibility index (Phi) is 45.2. The summed E-state index contributed by atoms with van der Waals surface area (Å²) in [7, 11) is 0. The van der Waals surface area contributed by atoms with Crippen molar-refractivity contribution in [2.24, 2.45) is 0 Å². The second kappa shape index (κ2) is 45.9. The first-order chi connectivity index (χ1) is 27.1. The van der Waals surface area contributed by atoms with E-state index in [2.05, 4.69) is 38.2 Å². The molecule has 328 valence electrons. The molecule has 0 aliphatic carbocycles. The normalized spacial score (nSPS) is 13.4. The maximum Gasteiger partial charge on any atom is 0.180 e. The Balaban J connectivity index is 4.77. The molecule has 0 heterocycles. The van der Waals surface area contributed by atoms with Gasteiger partial charge in [0.2, 0.25) is 0 Å². The summed E-state index contributed by atoms with van der Waals surface area (Å²) in [6, 6.07) is 0. The minimum absolute atomic E-state index is 0.0271. The number of hydrogen-bond acceptors (Lipinski definition) is 7. The van der Waals surface area contributed by atoms with Crippen molar-refractivity contribution >= 4 is 0 Å². The summed E-state index contributed by atoms with van der Waals surface area (Å²) in [5, 5.41) is 0. The molecule has 7 nitrogen and oxygen atoms in total. The summed E-state index contributed by atoms with van der Waals surface area (Å²) in [6.07, 6.45) is 42.0. The summed E-state index contributed by atoms with van der Waals surface area (Å²) < 4.78 is 41.9. The zero-order chi connectivity index (χ0) is 40.1. The van der Waals surface area contributed by atoms with Gasteiger partial charge in [-0.05, 0) is 104 Å². The highest BCUT2D eigenvalue weighted by molar-refractivity contribution is 4.90. The lowest BCUT2D eigenvalue weighted by Gasteiger charge is -2.22. The molecule has 7 heteroatoms. The van der Waals surface area contributed by atoms with Gasteiger partial charge in [-0.3, -0.25) is 0 Å². The van der Waals surface area contributed by atoms with E-state index < -0.39 is 0 Å². The van der Waals surface area contributed by atoms with E-state index in [1.54, 1.807) is 0 Å². The lowest BCUT2D eigenvalue weighted by atomic mass is 10.1. The van der Waals surface area contributed by atoms with Gasteiger partial charge in [0.1, 0.15) is 0 Å². The molecule has 0 aliphatic heterocycles. The van der Waals surface area contributed by atoms with E-state index in [9.17, 15) is 0 Å². The summed E-state index contributed by atoms with van der Waals surface area (Å²) in [6.45, 7) is 17.0. The number of allylic oxidation sites excluding steroid dienone is 2. The van der Waals surface area contributed by atoms with Crippen LogP contribution in [0, 0.1) is 0 Å². The minimum atomic E-state index is -0.379. The van der Waals surface area contributed by atoms with Gasteiger partial charge in [0, 0.05) is 26.4 Å². The van der Waals surface area contributed by atoms with E-state index >= 15 is 0 Å². The second-order valence-electron chi connectivity index (χ2n) is 15.1. The van der Waals surface area contributed by atoms with Gasteiger partial charge in [0.05, 0.1) is 13.2 Å². The van der Waals surface area contributed by atoms with Gasteiger partial charge < -0.3 is 33.2 Å². The van der Waals surface area contributed by atoms with Crippen LogP contribution in [0.25, 0.3) is 0 Å². The maximum atomic E-state index is 6.51. The average Bonchev–Trinajstić information content (AvgIpc) is 3.18. The highest BCUT2D eigenvalue weighted by atomic mass is 16.8. The van der Waals surface area contributed by atoms with Crippen molar-refractivity contribution in [2.45, 2.75) is 246 Å². The lowest BCUT2D eigenvalue weighted by molar-refractivity contribution is -0.208. The van der Waals surface area contributed by atoms with Gasteiger partial charge in [-0.15, -0.1) is 0 Å². The molecule has 2 atom stereocenters. The molecule has 0 rings (SSSR count). The molecule has 0 bridgehead atoms. The van der Waals surface area contributed by atoms with Gasteiger partial charge in [-0.1, -0.05) is 142 Å². The molecule has 0 aromatic rings. The van der Waals surface area contributed by atoms with Gasteiger partial charge >= 0.3 is 0 Å². The second-order valence-corrected chi connectivity index (χ2v) is 15.1. The Hall–Kier alpha value is -0.800. The summed E-state index contributed by atoms with van der Waals surface area (Å²) in [5.41, 5.74) is 0. The molecular weight excluding hydrogens is 689 g/mol. The zero-order valence-electron chi connectivity index (χ0n) is 37.5. The molecule has 0 aliphatic rings. The summed E-state index contributed by atoms with van der Waals surface area (Å²) in [5.74, 6) is 0. The Labute approximate surface area is 342 Å². The fraction of sp³-hybridized carbons (Fsp3) is 0.917. The van der Waals surface area contributed by atoms with Crippen LogP contribution >= 0.6 is 0 Å². The van der Waals surface area contributed by atoms with E-state index in [-0.39, 0.29) is 25.2 Å². The molecule has 0 N–H and O–H groups in total. The van der Waals surface area contributed by atoms with Crippen LogP contribution in [0.2, 0.25) is 0 Å². The summed E-state index contributed by atoms with van der Waals surface area (Å²) >= 11 is 0. The standard InChI is InChI=1S/C48H94O7/c1-7-13-15-31-37-43-53-47(41-35-29-25-21-17-19-23-27-33-39-45(49-9-3)50-10-4)55-48(54-44-38-32-16-14-8-2)42-36-30-26-22-18-20-24-28-34-40-46(51-11-5)52-12-6/h35-36,41-42,45-48H,7-34,37-40,43-44H2,1-6H3. The Bertz CT molecular complexity index is 701. The predicted molar refractivity (Wildman–Crippen MR) is 234 cm³/mol. The first-order valence-electron chi connectivity index (χ1n) is 23.8. The fourth-order valence-corrected chi connectivity index (χ4v) is 6.72. The van der Waals surface area contributed by atoms with Crippen molar-refractivity contribution in [3.05, 3.63) is 24.3 Å². The first-order valence-corrected chi connectivity index (χ1v) is 23.8. The molecule has 0 fully saturated rings. The van der Waals surface area contributed by atoms with E-state index in [1.165, 1.54) is 141 Å². The van der Waals surface area contributed by atoms with Crippen molar-refractivity contribution in [2.75, 3.05) is 39.6 Å². The third kappa shape index (κ3) is 39.8. The number of hydrogen-bond donors (Lipinski definition) is 0. The summed E-state index contributed by atoms with van der Waals surface area (Å²) in [4.78, 5) is 0. The molecule has 0 radical (unpaired) electrons. The molecule has 0 aromatic heterocycles. The molecule has 0 aromatic carbocycles. The van der Waals surface area contributed by atoms with Crippen LogP contribution in [0.3, 0.4) is 0 Å². The van der Waals surface area contributed by atoms with Crippen LogP contribution < -0.4 is 0 Å². The predicted octanol–water partition coefficient (Wildman–Crippen LogP) is 14.6. The van der Waals surface area contributed by atoms with Crippen LogP contribution in [-0.4, -0.2) is 64.8 Å². The smallest absolute Gasteiger partial charge is 0.180 e. The monoisotopic (exact) mass is 783 g/mol. The van der Waals surface area contributed by atoms with Crippen LogP contribution in [0.4, 0.5) is 0 Å². The van der Waals surface area contributed by atoms with Crippen molar-refractivity contribution < 1.29 is 33.2 Å². The molecule has 0 amide bonds.